The van der Waals surface area contributed by atoms with Crippen LogP contribution in [-0.4, -0.2) is 24.3 Å². The number of ketones is 1. The van der Waals surface area contributed by atoms with Gasteiger partial charge >= 0.3 is 5.95 Å². The fourth-order valence-corrected chi connectivity index (χ4v) is 3.11. The number of benzene rings is 2. The van der Waals surface area contributed by atoms with Gasteiger partial charge in [0.25, 0.3) is 0 Å². The Bertz CT molecular complexity index is 1030. The van der Waals surface area contributed by atoms with E-state index in [0.29, 0.717) is 23.0 Å². The molecule has 2 N–H and O–H groups in total. The Morgan fingerprint density at radius 3 is 2.79 bits per heavy atom. The van der Waals surface area contributed by atoms with Gasteiger partial charge in [0, 0.05) is 11.1 Å². The van der Waals surface area contributed by atoms with Crippen LogP contribution in [0, 0.1) is 0 Å². The molecule has 3 aromatic rings. The summed E-state index contributed by atoms with van der Waals surface area (Å²) in [5.41, 5.74) is 8.63. The van der Waals surface area contributed by atoms with E-state index in [1.165, 1.54) is 0 Å². The number of nitrogens with two attached hydrogens (primary N) is 1. The van der Waals surface area contributed by atoms with Gasteiger partial charge in [0.1, 0.15) is 24.2 Å². The van der Waals surface area contributed by atoms with Gasteiger partial charge in [0.2, 0.25) is 6.79 Å². The van der Waals surface area contributed by atoms with Gasteiger partial charge in [0.15, 0.2) is 17.3 Å². The molecule has 0 unspecified atom stereocenters. The Morgan fingerprint density at radius 2 is 2.00 bits per heavy atom. The molecular weight excluding hydrogens is 426 g/mol. The van der Waals surface area contributed by atoms with Crippen LogP contribution < -0.4 is 41.5 Å². The molecule has 0 amide bonds. The molecule has 0 aliphatic carbocycles. The highest BCUT2D eigenvalue weighted by Gasteiger charge is 2.22. The molecule has 1 aliphatic rings. The fourth-order valence-electron chi connectivity index (χ4n) is 3.11. The zero-order valence-corrected chi connectivity index (χ0v) is 17.1. The molecule has 8 heteroatoms. The van der Waals surface area contributed by atoms with Gasteiger partial charge in [-0.15, -0.1) is 0 Å². The van der Waals surface area contributed by atoms with Gasteiger partial charge in [-0.25, -0.2) is 9.13 Å². The minimum absolute atomic E-state index is 0. The normalized spacial score (nSPS) is 11.8. The van der Waals surface area contributed by atoms with Gasteiger partial charge in [-0.1, -0.05) is 12.1 Å². The SMILES string of the molecule is COc1cccc(-c2c[n+](CC(=O)c3ccc4c(c3)OCO4)c(N)n2C)c1.[Br-]. The number of ether oxygens (including phenoxy) is 3. The first-order chi connectivity index (χ1) is 13.1. The van der Waals surface area contributed by atoms with Crippen LogP contribution in [0.4, 0.5) is 5.95 Å². The van der Waals surface area contributed by atoms with Gasteiger partial charge in [-0.3, -0.25) is 10.5 Å². The molecule has 0 radical (unpaired) electrons. The van der Waals surface area contributed by atoms with Crippen molar-refractivity contribution in [3.63, 3.8) is 0 Å². The predicted molar refractivity (Wildman–Crippen MR) is 98.9 cm³/mol. The highest BCUT2D eigenvalue weighted by atomic mass is 79.9. The van der Waals surface area contributed by atoms with Crippen molar-refractivity contribution in [3.05, 3.63) is 54.2 Å². The Morgan fingerprint density at radius 1 is 1.21 bits per heavy atom. The summed E-state index contributed by atoms with van der Waals surface area (Å²) in [6.45, 7) is 0.306. The van der Waals surface area contributed by atoms with E-state index in [4.69, 9.17) is 19.9 Å². The van der Waals surface area contributed by atoms with Crippen molar-refractivity contribution in [3.8, 4) is 28.5 Å². The second-order valence-corrected chi connectivity index (χ2v) is 6.28. The van der Waals surface area contributed by atoms with Crippen molar-refractivity contribution in [2.75, 3.05) is 19.6 Å². The maximum Gasteiger partial charge on any atom is 0.355 e. The number of imidazole rings is 1. The Hall–Kier alpha value is -3.00. The number of carbonyl (C=O) groups is 1. The van der Waals surface area contributed by atoms with Crippen LogP contribution in [0.3, 0.4) is 0 Å². The quantitative estimate of drug-likeness (QED) is 0.410. The molecule has 0 bridgehead atoms. The molecule has 0 saturated carbocycles. The number of hydrogen-bond acceptors (Lipinski definition) is 5. The molecule has 2 aromatic carbocycles. The minimum Gasteiger partial charge on any atom is -1.00 e. The minimum atomic E-state index is -0.0622. The number of halogens is 1. The third-order valence-electron chi connectivity index (χ3n) is 4.65. The average Bonchev–Trinajstić information content (AvgIpc) is 3.27. The molecule has 7 nitrogen and oxygen atoms in total. The smallest absolute Gasteiger partial charge is 0.355 e. The monoisotopic (exact) mass is 445 g/mol. The van der Waals surface area contributed by atoms with Crippen LogP contribution in [0.5, 0.6) is 17.2 Å². The first-order valence-electron chi connectivity index (χ1n) is 8.48. The van der Waals surface area contributed by atoms with E-state index in [-0.39, 0.29) is 36.1 Å². The molecule has 28 heavy (non-hydrogen) atoms. The van der Waals surface area contributed by atoms with Gasteiger partial charge in [0.05, 0.1) is 14.2 Å². The number of rotatable bonds is 5. The lowest BCUT2D eigenvalue weighted by Crippen LogP contribution is -3.00. The lowest BCUT2D eigenvalue weighted by molar-refractivity contribution is -0.667. The highest BCUT2D eigenvalue weighted by Crippen LogP contribution is 2.32. The summed E-state index contributed by atoms with van der Waals surface area (Å²) < 4.78 is 19.5. The van der Waals surface area contributed by atoms with Crippen LogP contribution >= 0.6 is 0 Å². The standard InChI is InChI=1S/C20H19N3O4.BrH/c1-22-16(13-4-3-5-15(8-13)25-2)10-23(20(22)21)11-17(24)14-6-7-18-19(9-14)27-12-26-18;/h3-10,21H,11-12H2,1-2H3;1H. The summed E-state index contributed by atoms with van der Waals surface area (Å²) in [6.07, 6.45) is 1.87. The number of methoxy groups -OCH3 is 1. The number of aromatic nitrogens is 2. The maximum atomic E-state index is 12.7. The van der Waals surface area contributed by atoms with Crippen molar-refractivity contribution >= 4 is 11.7 Å². The molecule has 2 heterocycles. The zero-order chi connectivity index (χ0) is 19.0. The number of fused-ring (bicyclic) bond motifs is 1. The predicted octanol–water partition coefficient (Wildman–Crippen LogP) is -0.814. The lowest BCUT2D eigenvalue weighted by atomic mass is 10.1. The van der Waals surface area contributed by atoms with Crippen molar-refractivity contribution in [1.29, 1.82) is 0 Å². The lowest BCUT2D eigenvalue weighted by Gasteiger charge is -2.02. The van der Waals surface area contributed by atoms with Crippen LogP contribution in [0.15, 0.2) is 48.7 Å². The van der Waals surface area contributed by atoms with E-state index in [1.54, 1.807) is 29.9 Å². The van der Waals surface area contributed by atoms with E-state index >= 15 is 0 Å². The number of carbonyl (C=O) groups excluding carboxylic acids is 1. The molecule has 0 spiro atoms. The average molecular weight is 446 g/mol. The summed E-state index contributed by atoms with van der Waals surface area (Å²) in [7, 11) is 3.49. The Kier molecular flexibility index (Phi) is 5.60. The summed E-state index contributed by atoms with van der Waals surface area (Å²) in [4.78, 5) is 12.7. The molecule has 146 valence electrons. The molecule has 0 atom stereocenters. The maximum absolute atomic E-state index is 12.7. The Balaban J connectivity index is 0.00000225. The molecule has 1 aromatic heterocycles. The number of nitrogens with zero attached hydrogens (tertiary/aromatic N) is 2. The van der Waals surface area contributed by atoms with Gasteiger partial charge < -0.3 is 31.2 Å². The number of hydrogen-bond donors (Lipinski definition) is 1. The summed E-state index contributed by atoms with van der Waals surface area (Å²) in [5.74, 6) is 2.42. The molecule has 1 aliphatic heterocycles. The second kappa shape index (κ2) is 7.93. The number of nitrogen functional groups attached to an aromatic ring is 1. The Labute approximate surface area is 173 Å². The number of Topliss-reactive ketones (excluding diaryl/α,β-unsaturated/α-hetero) is 1. The van der Waals surface area contributed by atoms with E-state index < -0.39 is 0 Å². The van der Waals surface area contributed by atoms with E-state index in [9.17, 15) is 4.79 Å². The second-order valence-electron chi connectivity index (χ2n) is 6.28. The van der Waals surface area contributed by atoms with E-state index in [0.717, 1.165) is 17.0 Å². The van der Waals surface area contributed by atoms with Gasteiger partial charge in [-0.05, 0) is 30.3 Å². The molecule has 0 fully saturated rings. The summed E-state index contributed by atoms with van der Waals surface area (Å²) >= 11 is 0. The number of anilines is 1. The third-order valence-corrected chi connectivity index (χ3v) is 4.65. The van der Waals surface area contributed by atoms with E-state index in [1.807, 2.05) is 42.1 Å². The molecular formula is C20H20BrN3O4. The molecule has 4 rings (SSSR count). The van der Waals surface area contributed by atoms with Crippen LogP contribution in [-0.2, 0) is 13.6 Å². The van der Waals surface area contributed by atoms with Crippen molar-refractivity contribution in [1.82, 2.24) is 4.57 Å². The first-order valence-corrected chi connectivity index (χ1v) is 8.48. The van der Waals surface area contributed by atoms with Crippen molar-refractivity contribution in [2.24, 2.45) is 7.05 Å². The highest BCUT2D eigenvalue weighted by molar-refractivity contribution is 5.95. The fraction of sp³-hybridized carbons (Fsp3) is 0.200. The van der Waals surface area contributed by atoms with Gasteiger partial charge in [-0.2, -0.15) is 0 Å². The van der Waals surface area contributed by atoms with Crippen LogP contribution in [0.2, 0.25) is 0 Å². The summed E-state index contributed by atoms with van der Waals surface area (Å²) in [5, 5.41) is 0. The van der Waals surface area contributed by atoms with Crippen LogP contribution in [0.25, 0.3) is 11.3 Å². The summed E-state index contributed by atoms with van der Waals surface area (Å²) in [6, 6.07) is 12.9. The third kappa shape index (κ3) is 3.55. The topological polar surface area (TPSA) is 79.6 Å². The first kappa shape index (κ1) is 19.8. The van der Waals surface area contributed by atoms with Crippen LogP contribution in [0.1, 0.15) is 10.4 Å². The zero-order valence-electron chi connectivity index (χ0n) is 15.5. The van der Waals surface area contributed by atoms with Crippen molar-refractivity contribution in [2.45, 2.75) is 6.54 Å². The largest absolute Gasteiger partial charge is 1.00 e. The van der Waals surface area contributed by atoms with Crippen molar-refractivity contribution < 1.29 is 40.6 Å². The van der Waals surface area contributed by atoms with E-state index in [2.05, 4.69) is 0 Å². The molecule has 0 saturated heterocycles.